The van der Waals surface area contributed by atoms with Crippen molar-refractivity contribution in [2.75, 3.05) is 24.5 Å². The summed E-state index contributed by atoms with van der Waals surface area (Å²) in [6.07, 6.45) is 12.9. The maximum atomic E-state index is 4.95. The Hall–Kier alpha value is -1.09. The first-order valence-corrected chi connectivity index (χ1v) is 9.33. The lowest BCUT2D eigenvalue weighted by Gasteiger charge is -2.42. The van der Waals surface area contributed by atoms with Crippen LogP contribution in [0.25, 0.3) is 0 Å². The first-order valence-electron chi connectivity index (χ1n) is 9.33. The number of nitrogens with one attached hydrogen (secondary N) is 1. The maximum absolute atomic E-state index is 4.95. The molecule has 1 unspecified atom stereocenters. The molecule has 0 bridgehead atoms. The van der Waals surface area contributed by atoms with Crippen LogP contribution < -0.4 is 10.2 Å². The number of aromatic nitrogens is 1. The van der Waals surface area contributed by atoms with Crippen molar-refractivity contribution in [3.05, 3.63) is 22.9 Å². The summed E-state index contributed by atoms with van der Waals surface area (Å²) in [7, 11) is 0. The summed E-state index contributed by atoms with van der Waals surface area (Å²) in [6, 6.07) is 0.666. The van der Waals surface area contributed by atoms with Crippen molar-refractivity contribution in [1.82, 2.24) is 10.3 Å². The van der Waals surface area contributed by atoms with Crippen LogP contribution in [0.4, 0.5) is 5.82 Å². The van der Waals surface area contributed by atoms with E-state index in [1.807, 2.05) is 0 Å². The van der Waals surface area contributed by atoms with Crippen LogP contribution in [0.3, 0.4) is 0 Å². The molecule has 1 aromatic rings. The van der Waals surface area contributed by atoms with Gasteiger partial charge in [0.2, 0.25) is 0 Å². The highest BCUT2D eigenvalue weighted by molar-refractivity contribution is 5.56. The normalized spacial score (nSPS) is 25.1. The van der Waals surface area contributed by atoms with Gasteiger partial charge in [0.05, 0.1) is 0 Å². The summed E-state index contributed by atoms with van der Waals surface area (Å²) in [5, 5.41) is 3.53. The molecule has 0 amide bonds. The average Bonchev–Trinajstić information content (AvgIpc) is 3.07. The molecule has 3 nitrogen and oxygen atoms in total. The Labute approximate surface area is 134 Å². The van der Waals surface area contributed by atoms with Crippen LogP contribution in [0.5, 0.6) is 0 Å². The largest absolute Gasteiger partial charge is 0.351 e. The van der Waals surface area contributed by atoms with Crippen molar-refractivity contribution in [2.45, 2.75) is 64.3 Å². The first kappa shape index (κ1) is 14.5. The molecule has 2 fully saturated rings. The van der Waals surface area contributed by atoms with Gasteiger partial charge in [0.15, 0.2) is 0 Å². The van der Waals surface area contributed by atoms with Gasteiger partial charge < -0.3 is 10.2 Å². The molecule has 0 spiro atoms. The molecule has 120 valence electrons. The Morgan fingerprint density at radius 2 is 2.14 bits per heavy atom. The number of hydrogen-bond donors (Lipinski definition) is 1. The molecule has 1 aromatic heterocycles. The molecule has 1 aliphatic carbocycles. The lowest BCUT2D eigenvalue weighted by molar-refractivity contribution is 0.434. The fourth-order valence-electron chi connectivity index (χ4n) is 4.88. The van der Waals surface area contributed by atoms with Gasteiger partial charge in [0.1, 0.15) is 5.82 Å². The minimum absolute atomic E-state index is 0.666. The number of fused-ring (bicyclic) bond motifs is 3. The number of nitrogens with zero attached hydrogens (tertiary/aromatic N) is 2. The highest BCUT2D eigenvalue weighted by Crippen LogP contribution is 2.36. The van der Waals surface area contributed by atoms with Crippen LogP contribution in [0, 0.1) is 5.92 Å². The van der Waals surface area contributed by atoms with E-state index in [2.05, 4.69) is 23.3 Å². The van der Waals surface area contributed by atoms with E-state index in [-0.39, 0.29) is 0 Å². The van der Waals surface area contributed by atoms with Crippen molar-refractivity contribution in [3.8, 4) is 0 Å². The Kier molecular flexibility index (Phi) is 4.08. The molecular formula is C19H29N3. The quantitative estimate of drug-likeness (QED) is 0.929. The first-order chi connectivity index (χ1) is 10.9. The van der Waals surface area contributed by atoms with E-state index < -0.39 is 0 Å². The Bertz CT molecular complexity index is 534. The SMILES string of the molecule is CCc1c(CC2CCCC2)cnc2c1CCC1CNCCN21. The highest BCUT2D eigenvalue weighted by Gasteiger charge is 2.31. The predicted molar refractivity (Wildman–Crippen MR) is 91.6 cm³/mol. The molecule has 2 aliphatic heterocycles. The van der Waals surface area contributed by atoms with Crippen molar-refractivity contribution >= 4 is 5.82 Å². The van der Waals surface area contributed by atoms with Crippen LogP contribution in [-0.2, 0) is 19.3 Å². The maximum Gasteiger partial charge on any atom is 0.132 e. The molecule has 3 heteroatoms. The summed E-state index contributed by atoms with van der Waals surface area (Å²) >= 11 is 0. The van der Waals surface area contributed by atoms with E-state index >= 15 is 0 Å². The Morgan fingerprint density at radius 1 is 1.27 bits per heavy atom. The van der Waals surface area contributed by atoms with Gasteiger partial charge in [-0.3, -0.25) is 0 Å². The molecular weight excluding hydrogens is 270 g/mol. The van der Waals surface area contributed by atoms with E-state index in [0.717, 1.165) is 25.6 Å². The molecule has 22 heavy (non-hydrogen) atoms. The summed E-state index contributed by atoms with van der Waals surface area (Å²) < 4.78 is 0. The summed E-state index contributed by atoms with van der Waals surface area (Å²) in [5.41, 5.74) is 4.77. The third-order valence-corrected chi connectivity index (χ3v) is 6.05. The molecule has 1 saturated heterocycles. The summed E-state index contributed by atoms with van der Waals surface area (Å²) in [5.74, 6) is 2.23. The number of rotatable bonds is 3. The number of piperazine rings is 1. The predicted octanol–water partition coefficient (Wildman–Crippen LogP) is 3.10. The van der Waals surface area contributed by atoms with Crippen molar-refractivity contribution in [2.24, 2.45) is 5.92 Å². The molecule has 3 aliphatic rings. The minimum atomic E-state index is 0.666. The second-order valence-corrected chi connectivity index (χ2v) is 7.36. The summed E-state index contributed by atoms with van der Waals surface area (Å²) in [6.45, 7) is 5.68. The Balaban J connectivity index is 1.65. The van der Waals surface area contributed by atoms with Crippen LogP contribution in [0.2, 0.25) is 0 Å². The van der Waals surface area contributed by atoms with Gasteiger partial charge in [0.25, 0.3) is 0 Å². The number of hydrogen-bond acceptors (Lipinski definition) is 3. The fourth-order valence-corrected chi connectivity index (χ4v) is 4.88. The number of anilines is 1. The highest BCUT2D eigenvalue weighted by atomic mass is 15.3. The van der Waals surface area contributed by atoms with Gasteiger partial charge in [-0.05, 0) is 48.3 Å². The van der Waals surface area contributed by atoms with Gasteiger partial charge in [-0.2, -0.15) is 0 Å². The second-order valence-electron chi connectivity index (χ2n) is 7.36. The van der Waals surface area contributed by atoms with Crippen molar-refractivity contribution in [1.29, 1.82) is 0 Å². The van der Waals surface area contributed by atoms with Crippen LogP contribution in [-0.4, -0.2) is 30.7 Å². The number of pyridine rings is 1. The summed E-state index contributed by atoms with van der Waals surface area (Å²) in [4.78, 5) is 7.53. The molecule has 0 radical (unpaired) electrons. The molecule has 1 N–H and O–H groups in total. The molecule has 1 atom stereocenters. The van der Waals surface area contributed by atoms with Gasteiger partial charge in [-0.1, -0.05) is 32.6 Å². The molecule has 1 saturated carbocycles. The van der Waals surface area contributed by atoms with Crippen LogP contribution in [0.15, 0.2) is 6.20 Å². The lowest BCUT2D eigenvalue weighted by Crippen LogP contribution is -2.53. The molecule has 0 aromatic carbocycles. The van der Waals surface area contributed by atoms with Gasteiger partial charge in [-0.15, -0.1) is 0 Å². The molecule has 4 rings (SSSR count). The molecule has 3 heterocycles. The van der Waals surface area contributed by atoms with Gasteiger partial charge in [-0.25, -0.2) is 4.98 Å². The Morgan fingerprint density at radius 3 is 2.95 bits per heavy atom. The zero-order valence-corrected chi connectivity index (χ0v) is 13.9. The van der Waals surface area contributed by atoms with Gasteiger partial charge >= 0.3 is 0 Å². The topological polar surface area (TPSA) is 28.2 Å². The van der Waals surface area contributed by atoms with E-state index in [1.54, 1.807) is 16.7 Å². The zero-order chi connectivity index (χ0) is 14.9. The van der Waals surface area contributed by atoms with Gasteiger partial charge in [0, 0.05) is 31.9 Å². The van der Waals surface area contributed by atoms with E-state index in [1.165, 1.54) is 57.2 Å². The van der Waals surface area contributed by atoms with Crippen molar-refractivity contribution < 1.29 is 0 Å². The minimum Gasteiger partial charge on any atom is -0.351 e. The smallest absolute Gasteiger partial charge is 0.132 e. The van der Waals surface area contributed by atoms with E-state index in [4.69, 9.17) is 4.98 Å². The monoisotopic (exact) mass is 299 g/mol. The second kappa shape index (κ2) is 6.19. The third-order valence-electron chi connectivity index (χ3n) is 6.05. The van der Waals surface area contributed by atoms with Crippen LogP contribution in [0.1, 0.15) is 55.7 Å². The average molecular weight is 299 g/mol. The lowest BCUT2D eigenvalue weighted by atomic mass is 9.87. The van der Waals surface area contributed by atoms with Crippen LogP contribution >= 0.6 is 0 Å². The third kappa shape index (κ3) is 2.54. The van der Waals surface area contributed by atoms with E-state index in [0.29, 0.717) is 6.04 Å². The standard InChI is InChI=1S/C19H29N3/c1-2-17-15(11-14-5-3-4-6-14)12-21-19-18(17)8-7-16-13-20-9-10-22(16)19/h12,14,16,20H,2-11,13H2,1H3. The van der Waals surface area contributed by atoms with E-state index in [9.17, 15) is 0 Å². The zero-order valence-electron chi connectivity index (χ0n) is 13.9. The fraction of sp³-hybridized carbons (Fsp3) is 0.737. The van der Waals surface area contributed by atoms with Crippen molar-refractivity contribution in [3.63, 3.8) is 0 Å².